The second kappa shape index (κ2) is 27.0. The summed E-state index contributed by atoms with van der Waals surface area (Å²) in [4.78, 5) is 74.8. The molecule has 1 aliphatic rings. The SMILES string of the molecule is CC(C)[C@H](NC(=O)CCOCCOCCOCCOCCON)C(=O)N[C@@H](CCCNC(N)=O)C(=O)Nc1ccc(Cn2nc3c4c(cc(F)cc4c2=O)N[C@H](c2ccc(F)cc2)[C@H]3c2ncnn2C)cc1. The first-order chi connectivity index (χ1) is 34.7. The van der Waals surface area contributed by atoms with E-state index in [4.69, 9.17) is 35.7 Å². The number of benzene rings is 3. The summed E-state index contributed by atoms with van der Waals surface area (Å²) in [5.41, 5.74) is 7.10. The number of carbonyl (C=O) groups excluding carboxylic acids is 4. The standard InChI is InChI=1S/C48H62F2N12O10/c1-29(2)41(59-38(63)14-16-68-17-18-69-19-20-70-21-22-71-23-24-72-52)46(65)58-36(5-4-15-53-48(51)67)45(64)56-34-12-6-30(7-13-34)27-62-47(66)35-25-33(50)26-37-39(35)43(60-62)40(44-54-28-55-61(44)3)42(57-37)31-8-10-32(49)11-9-31/h6-13,25-26,28-29,36,40-42,57H,4-5,14-24,27,52H2,1-3H3,(H,56,64)(H,58,65)(H,59,63)(H3,51,53,67)/t36-,40+,41-,42+/m0/s1. The van der Waals surface area contributed by atoms with Gasteiger partial charge in [-0.05, 0) is 66.3 Å². The van der Waals surface area contributed by atoms with Gasteiger partial charge in [0, 0.05) is 36.8 Å². The Balaban J connectivity index is 1.08. The highest BCUT2D eigenvalue weighted by atomic mass is 19.1. The quantitative estimate of drug-likeness (QED) is 0.0268. The maximum absolute atomic E-state index is 15.3. The lowest BCUT2D eigenvalue weighted by atomic mass is 9.83. The summed E-state index contributed by atoms with van der Waals surface area (Å²) in [5, 5.41) is 23.8. The Hall–Kier alpha value is -6.96. The number of hydrogen-bond donors (Lipinski definition) is 7. The summed E-state index contributed by atoms with van der Waals surface area (Å²) in [6.07, 6.45) is 1.74. The number of nitrogens with one attached hydrogen (secondary N) is 5. The molecule has 24 heteroatoms. The molecule has 0 radical (unpaired) electrons. The highest BCUT2D eigenvalue weighted by Crippen LogP contribution is 2.46. The summed E-state index contributed by atoms with van der Waals surface area (Å²) in [6, 6.07) is 11.5. The monoisotopic (exact) mass is 1000 g/mol. The van der Waals surface area contributed by atoms with E-state index in [0.717, 1.165) is 0 Å². The van der Waals surface area contributed by atoms with Gasteiger partial charge in [0.1, 0.15) is 35.9 Å². The van der Waals surface area contributed by atoms with E-state index in [9.17, 15) is 28.4 Å². The van der Waals surface area contributed by atoms with Crippen molar-refractivity contribution in [3.63, 3.8) is 0 Å². The van der Waals surface area contributed by atoms with Crippen LogP contribution in [-0.2, 0) is 51.8 Å². The van der Waals surface area contributed by atoms with Gasteiger partial charge in [-0.25, -0.2) is 29.1 Å². The fraction of sp³-hybridized carbons (Fsp3) is 0.458. The molecular formula is C48H62F2N12O10. The van der Waals surface area contributed by atoms with E-state index in [0.29, 0.717) is 79.0 Å². The number of rotatable bonds is 29. The Morgan fingerprint density at radius 2 is 1.49 bits per heavy atom. The van der Waals surface area contributed by atoms with Crippen LogP contribution in [0, 0.1) is 17.6 Å². The molecular weight excluding hydrogens is 943 g/mol. The zero-order valence-corrected chi connectivity index (χ0v) is 40.4. The van der Waals surface area contributed by atoms with Crippen LogP contribution >= 0.6 is 0 Å². The number of urea groups is 1. The number of anilines is 2. The van der Waals surface area contributed by atoms with Gasteiger partial charge in [-0.15, -0.1) is 0 Å². The van der Waals surface area contributed by atoms with Crippen LogP contribution in [0.1, 0.15) is 67.7 Å². The molecule has 0 aliphatic carbocycles. The third-order valence-electron chi connectivity index (χ3n) is 11.6. The van der Waals surface area contributed by atoms with Crippen LogP contribution in [0.4, 0.5) is 25.0 Å². The van der Waals surface area contributed by atoms with Crippen molar-refractivity contribution >= 4 is 45.9 Å². The van der Waals surface area contributed by atoms with Crippen molar-refractivity contribution in [2.45, 2.75) is 63.7 Å². The molecule has 0 saturated carbocycles. The first-order valence-corrected chi connectivity index (χ1v) is 23.5. The molecule has 4 atom stereocenters. The van der Waals surface area contributed by atoms with Crippen LogP contribution in [-0.4, -0.2) is 126 Å². The summed E-state index contributed by atoms with van der Waals surface area (Å²) >= 11 is 0. The molecule has 22 nitrogen and oxygen atoms in total. The molecule has 0 spiro atoms. The second-order valence-electron chi connectivity index (χ2n) is 17.2. The number of hydrogen-bond acceptors (Lipinski definition) is 15. The van der Waals surface area contributed by atoms with Crippen LogP contribution in [0.2, 0.25) is 0 Å². The number of nitrogens with zero attached hydrogens (tertiary/aromatic N) is 5. The average Bonchev–Trinajstić information content (AvgIpc) is 3.78. The summed E-state index contributed by atoms with van der Waals surface area (Å²) < 4.78 is 53.8. The maximum Gasteiger partial charge on any atom is 0.312 e. The Morgan fingerprint density at radius 1 is 0.833 bits per heavy atom. The molecule has 72 heavy (non-hydrogen) atoms. The molecule has 3 heterocycles. The van der Waals surface area contributed by atoms with Crippen LogP contribution in [0.25, 0.3) is 10.8 Å². The number of aromatic nitrogens is 5. The van der Waals surface area contributed by atoms with Gasteiger partial charge in [0.25, 0.3) is 5.56 Å². The third kappa shape index (κ3) is 15.3. The second-order valence-corrected chi connectivity index (χ2v) is 17.2. The smallest absolute Gasteiger partial charge is 0.312 e. The van der Waals surface area contributed by atoms with Crippen molar-refractivity contribution in [1.82, 2.24) is 40.5 Å². The molecule has 388 valence electrons. The molecule has 3 aromatic carbocycles. The summed E-state index contributed by atoms with van der Waals surface area (Å²) in [5.74, 6) is 1.76. The van der Waals surface area contributed by atoms with Gasteiger partial charge < -0.3 is 56.1 Å². The minimum absolute atomic E-state index is 0.0293. The molecule has 5 aromatic rings. The van der Waals surface area contributed by atoms with Gasteiger partial charge in [0.15, 0.2) is 0 Å². The Labute approximate surface area is 413 Å². The number of carbonyl (C=O) groups is 4. The minimum atomic E-state index is -1.10. The van der Waals surface area contributed by atoms with Gasteiger partial charge >= 0.3 is 6.03 Å². The predicted octanol–water partition coefficient (Wildman–Crippen LogP) is 2.51. The van der Waals surface area contributed by atoms with Crippen molar-refractivity contribution in [3.05, 3.63) is 112 Å². The van der Waals surface area contributed by atoms with Gasteiger partial charge in [-0.1, -0.05) is 38.1 Å². The van der Waals surface area contributed by atoms with Gasteiger partial charge in [-0.3, -0.25) is 23.9 Å². The van der Waals surface area contributed by atoms with Gasteiger partial charge in [0.05, 0.1) is 89.0 Å². The summed E-state index contributed by atoms with van der Waals surface area (Å²) in [7, 11) is 1.72. The molecule has 5 amide bonds. The molecule has 2 aromatic heterocycles. The number of aryl methyl sites for hydroxylation is 1. The largest absolute Gasteiger partial charge is 0.379 e. The van der Waals surface area contributed by atoms with Crippen molar-refractivity contribution in [3.8, 4) is 0 Å². The van der Waals surface area contributed by atoms with E-state index < -0.39 is 65.0 Å². The topological polar surface area (TPSA) is 292 Å². The molecule has 0 fully saturated rings. The van der Waals surface area contributed by atoms with E-state index in [1.807, 2.05) is 0 Å². The first kappa shape index (κ1) is 54.4. The fourth-order valence-electron chi connectivity index (χ4n) is 8.03. The van der Waals surface area contributed by atoms with Crippen molar-refractivity contribution in [2.24, 2.45) is 24.6 Å². The molecule has 1 aliphatic heterocycles. The first-order valence-electron chi connectivity index (χ1n) is 23.5. The third-order valence-corrected chi connectivity index (χ3v) is 11.6. The van der Waals surface area contributed by atoms with Crippen molar-refractivity contribution < 1.29 is 51.7 Å². The van der Waals surface area contributed by atoms with E-state index in [2.05, 4.69) is 41.5 Å². The average molecular weight is 1010 g/mol. The van der Waals surface area contributed by atoms with Crippen molar-refractivity contribution in [2.75, 3.05) is 76.6 Å². The zero-order valence-electron chi connectivity index (χ0n) is 40.4. The van der Waals surface area contributed by atoms with Crippen molar-refractivity contribution in [1.29, 1.82) is 0 Å². The zero-order chi connectivity index (χ0) is 51.6. The van der Waals surface area contributed by atoms with E-state index in [1.54, 1.807) is 62.0 Å². The van der Waals surface area contributed by atoms with Crippen LogP contribution in [0.5, 0.6) is 0 Å². The highest BCUT2D eigenvalue weighted by Gasteiger charge is 2.38. The van der Waals surface area contributed by atoms with E-state index in [1.165, 1.54) is 35.3 Å². The Kier molecular flexibility index (Phi) is 20.4. The molecule has 0 bridgehead atoms. The lowest BCUT2D eigenvalue weighted by Gasteiger charge is -2.34. The Morgan fingerprint density at radius 3 is 2.10 bits per heavy atom. The Bertz CT molecular complexity index is 2650. The number of primary amides is 1. The molecule has 0 saturated heterocycles. The molecule has 0 unspecified atom stereocenters. The number of nitrogens with two attached hydrogens (primary N) is 2. The number of halogens is 2. The molecule has 6 rings (SSSR count). The minimum Gasteiger partial charge on any atom is -0.379 e. The lowest BCUT2D eigenvalue weighted by Crippen LogP contribution is -2.54. The summed E-state index contributed by atoms with van der Waals surface area (Å²) in [6.45, 7) is 6.42. The van der Waals surface area contributed by atoms with E-state index in [-0.39, 0.29) is 63.5 Å². The van der Waals surface area contributed by atoms with Crippen LogP contribution in [0.15, 0.2) is 71.8 Å². The maximum atomic E-state index is 15.3. The number of amides is 5. The van der Waals surface area contributed by atoms with Crippen LogP contribution < -0.4 is 43.8 Å². The highest BCUT2D eigenvalue weighted by molar-refractivity contribution is 5.99. The fourth-order valence-corrected chi connectivity index (χ4v) is 8.03. The molecule has 9 N–H and O–H groups in total. The normalized spacial score (nSPS) is 14.9. The van der Waals surface area contributed by atoms with Gasteiger partial charge in [0.2, 0.25) is 17.7 Å². The lowest BCUT2D eigenvalue weighted by molar-refractivity contribution is -0.132. The predicted molar refractivity (Wildman–Crippen MR) is 259 cm³/mol. The van der Waals surface area contributed by atoms with E-state index >= 15 is 4.39 Å². The van der Waals surface area contributed by atoms with Gasteiger partial charge in [-0.2, -0.15) is 10.2 Å². The van der Waals surface area contributed by atoms with Crippen LogP contribution in [0.3, 0.4) is 0 Å². The number of ether oxygens (including phenoxy) is 4.